The minimum Gasteiger partial charge on any atom is -0.377 e. The zero-order chi connectivity index (χ0) is 23.4. The normalized spacial score (nSPS) is 21.1. The van der Waals surface area contributed by atoms with Crippen molar-refractivity contribution < 1.29 is 18.4 Å². The zero-order valence-electron chi connectivity index (χ0n) is 18.9. The lowest BCUT2D eigenvalue weighted by Crippen LogP contribution is -2.41. The minimum absolute atomic E-state index is 0.0490. The maximum atomic E-state index is 13.6. The maximum Gasteiger partial charge on any atom is 0.245 e. The Labute approximate surface area is 194 Å². The second-order valence-corrected chi connectivity index (χ2v) is 12.1. The second-order valence-electron chi connectivity index (χ2n) is 8.61. The van der Waals surface area contributed by atoms with Crippen molar-refractivity contribution in [2.45, 2.75) is 44.8 Å². The fourth-order valence-corrected chi connectivity index (χ4v) is 7.59. The number of carbonyl (C=O) groups is 1. The van der Waals surface area contributed by atoms with Crippen molar-refractivity contribution in [2.24, 2.45) is 5.92 Å². The fraction of sp³-hybridized carbons (Fsp3) is 0.458. The van der Waals surface area contributed by atoms with Gasteiger partial charge in [-0.05, 0) is 48.2 Å². The molecule has 8 heteroatoms. The lowest BCUT2D eigenvalue weighted by Gasteiger charge is -2.30. The van der Waals surface area contributed by atoms with Gasteiger partial charge in [-0.1, -0.05) is 51.1 Å². The van der Waals surface area contributed by atoms with Crippen LogP contribution in [0.3, 0.4) is 0 Å². The van der Waals surface area contributed by atoms with Crippen molar-refractivity contribution in [3.8, 4) is 10.4 Å². The molecular weight excluding hydrogens is 444 g/mol. The molecule has 32 heavy (non-hydrogen) atoms. The molecule has 2 aromatic rings. The summed E-state index contributed by atoms with van der Waals surface area (Å²) in [6.07, 6.45) is 4.93. The molecule has 1 fully saturated rings. The third-order valence-electron chi connectivity index (χ3n) is 6.00. The number of hydroxylamine groups is 1. The lowest BCUT2D eigenvalue weighted by molar-refractivity contribution is -0.129. The number of amides is 1. The second kappa shape index (κ2) is 10.2. The van der Waals surface area contributed by atoms with Gasteiger partial charge >= 0.3 is 0 Å². The van der Waals surface area contributed by atoms with Gasteiger partial charge in [-0.25, -0.2) is 13.9 Å². The van der Waals surface area contributed by atoms with Crippen molar-refractivity contribution in [3.63, 3.8) is 0 Å². The van der Waals surface area contributed by atoms with Gasteiger partial charge in [0.1, 0.15) is 4.75 Å². The molecule has 1 aliphatic rings. The molecule has 1 aromatic carbocycles. The standard InChI is InChI=1S/C24H32N2O4S2/c1-4-19-5-7-20(8-6-19)21-9-10-22(31-21)24(17-23(27)25-28)12-14-26(13-11-18(2)3)15-16-32(24,29)30/h5-11,13,18,28H,4,12,14-17H2,1-3H3,(H,25,27)/t24-/m0/s1. The van der Waals surface area contributed by atoms with E-state index in [9.17, 15) is 18.4 Å². The molecule has 2 heterocycles. The van der Waals surface area contributed by atoms with Gasteiger partial charge in [0.15, 0.2) is 9.84 Å². The van der Waals surface area contributed by atoms with E-state index in [2.05, 4.69) is 32.9 Å². The predicted octanol–water partition coefficient (Wildman–Crippen LogP) is 4.36. The minimum atomic E-state index is -3.67. The summed E-state index contributed by atoms with van der Waals surface area (Å²) < 4.78 is 25.8. The summed E-state index contributed by atoms with van der Waals surface area (Å²) in [5.74, 6) is -0.382. The van der Waals surface area contributed by atoms with Gasteiger partial charge in [0.05, 0.1) is 12.2 Å². The molecule has 1 saturated heterocycles. The van der Waals surface area contributed by atoms with Crippen molar-refractivity contribution in [1.82, 2.24) is 10.4 Å². The average molecular weight is 477 g/mol. The molecule has 0 bridgehead atoms. The summed E-state index contributed by atoms with van der Waals surface area (Å²) in [7, 11) is -3.67. The Morgan fingerprint density at radius 3 is 2.56 bits per heavy atom. The van der Waals surface area contributed by atoms with Gasteiger partial charge in [-0.15, -0.1) is 11.3 Å². The Kier molecular flexibility index (Phi) is 7.79. The van der Waals surface area contributed by atoms with Crippen LogP contribution in [-0.2, 0) is 25.8 Å². The molecule has 0 radical (unpaired) electrons. The molecule has 1 atom stereocenters. The van der Waals surface area contributed by atoms with Crippen LogP contribution in [0.15, 0.2) is 48.7 Å². The van der Waals surface area contributed by atoms with E-state index in [-0.39, 0.29) is 18.6 Å². The fourth-order valence-electron chi connectivity index (χ4n) is 3.97. The quantitative estimate of drug-likeness (QED) is 0.458. The topological polar surface area (TPSA) is 86.7 Å². The SMILES string of the molecule is CCc1ccc(-c2ccc([C@@]3(CC(=O)NO)CCN(C=CC(C)C)CCS3(=O)=O)s2)cc1. The molecule has 1 amide bonds. The van der Waals surface area contributed by atoms with Crippen molar-refractivity contribution in [2.75, 3.05) is 18.8 Å². The molecule has 1 aromatic heterocycles. The predicted molar refractivity (Wildman–Crippen MR) is 129 cm³/mol. The summed E-state index contributed by atoms with van der Waals surface area (Å²) in [6, 6.07) is 12.0. The van der Waals surface area contributed by atoms with E-state index in [1.807, 2.05) is 41.4 Å². The Hall–Kier alpha value is -2.16. The highest BCUT2D eigenvalue weighted by Gasteiger charge is 2.49. The number of aryl methyl sites for hydroxylation is 1. The van der Waals surface area contributed by atoms with E-state index in [1.54, 1.807) is 5.48 Å². The van der Waals surface area contributed by atoms with Crippen LogP contribution in [0.4, 0.5) is 0 Å². The summed E-state index contributed by atoms with van der Waals surface area (Å²) in [5, 5.41) is 9.18. The Balaban J connectivity index is 2.01. The molecule has 0 saturated carbocycles. The van der Waals surface area contributed by atoms with Crippen LogP contribution >= 0.6 is 11.3 Å². The molecule has 0 spiro atoms. The van der Waals surface area contributed by atoms with E-state index < -0.39 is 20.5 Å². The summed E-state index contributed by atoms with van der Waals surface area (Å²) >= 11 is 1.41. The third-order valence-corrected chi connectivity index (χ3v) is 9.95. The van der Waals surface area contributed by atoms with Gasteiger partial charge in [0.2, 0.25) is 5.91 Å². The highest BCUT2D eigenvalue weighted by atomic mass is 32.2. The number of benzene rings is 1. The molecule has 6 nitrogen and oxygen atoms in total. The van der Waals surface area contributed by atoms with Gasteiger partial charge in [0.25, 0.3) is 0 Å². The molecular formula is C24H32N2O4S2. The van der Waals surface area contributed by atoms with Gasteiger partial charge in [0, 0.05) is 22.8 Å². The number of hydrogen-bond acceptors (Lipinski definition) is 6. The lowest BCUT2D eigenvalue weighted by atomic mass is 9.97. The number of nitrogens with one attached hydrogen (secondary N) is 1. The largest absolute Gasteiger partial charge is 0.377 e. The van der Waals surface area contributed by atoms with Crippen LogP contribution in [0.2, 0.25) is 0 Å². The van der Waals surface area contributed by atoms with Crippen molar-refractivity contribution in [3.05, 3.63) is 59.1 Å². The van der Waals surface area contributed by atoms with Crippen LogP contribution in [0.1, 0.15) is 44.1 Å². The van der Waals surface area contributed by atoms with Crippen LogP contribution < -0.4 is 5.48 Å². The van der Waals surface area contributed by atoms with Gasteiger partial charge in [-0.2, -0.15) is 0 Å². The third kappa shape index (κ3) is 5.24. The van der Waals surface area contributed by atoms with E-state index in [4.69, 9.17) is 0 Å². The van der Waals surface area contributed by atoms with Crippen molar-refractivity contribution >= 4 is 27.1 Å². The summed E-state index contributed by atoms with van der Waals surface area (Å²) in [5.41, 5.74) is 3.90. The van der Waals surface area contributed by atoms with Gasteiger partial charge < -0.3 is 4.90 Å². The highest BCUT2D eigenvalue weighted by Crippen LogP contribution is 2.45. The molecule has 1 aliphatic heterocycles. The number of allylic oxidation sites excluding steroid dienone is 1. The van der Waals surface area contributed by atoms with Crippen molar-refractivity contribution in [1.29, 1.82) is 0 Å². The van der Waals surface area contributed by atoms with Crippen LogP contribution in [0.5, 0.6) is 0 Å². The Bertz CT molecular complexity index is 1060. The number of hydrogen-bond donors (Lipinski definition) is 2. The maximum absolute atomic E-state index is 13.6. The summed E-state index contributed by atoms with van der Waals surface area (Å²) in [4.78, 5) is 15.9. The Morgan fingerprint density at radius 1 is 1.22 bits per heavy atom. The first-order valence-electron chi connectivity index (χ1n) is 11.0. The number of carbonyl (C=O) groups excluding carboxylic acids is 1. The number of rotatable bonds is 7. The van der Waals surface area contributed by atoms with Crippen LogP contribution in [0, 0.1) is 5.92 Å². The molecule has 2 N–H and O–H groups in total. The highest BCUT2D eigenvalue weighted by molar-refractivity contribution is 7.92. The Morgan fingerprint density at radius 2 is 1.94 bits per heavy atom. The number of thiophene rings is 1. The zero-order valence-corrected chi connectivity index (χ0v) is 20.5. The monoisotopic (exact) mass is 476 g/mol. The smallest absolute Gasteiger partial charge is 0.245 e. The number of nitrogens with zero attached hydrogens (tertiary/aromatic N) is 1. The molecule has 174 valence electrons. The van der Waals surface area contributed by atoms with Crippen LogP contribution in [-0.4, -0.2) is 43.3 Å². The molecule has 3 rings (SSSR count). The summed E-state index contributed by atoms with van der Waals surface area (Å²) in [6.45, 7) is 7.14. The van der Waals surface area contributed by atoms with Gasteiger partial charge in [-0.3, -0.25) is 10.0 Å². The first kappa shape index (κ1) is 24.5. The van der Waals surface area contributed by atoms with E-state index in [1.165, 1.54) is 16.9 Å². The van der Waals surface area contributed by atoms with E-state index in [0.717, 1.165) is 16.9 Å². The van der Waals surface area contributed by atoms with Crippen LogP contribution in [0.25, 0.3) is 10.4 Å². The van der Waals surface area contributed by atoms with E-state index >= 15 is 0 Å². The molecule has 0 aliphatic carbocycles. The molecule has 0 unspecified atom stereocenters. The first-order valence-corrected chi connectivity index (χ1v) is 13.4. The van der Waals surface area contributed by atoms with E-state index in [0.29, 0.717) is 23.9 Å². The average Bonchev–Trinajstić information content (AvgIpc) is 3.23. The first-order chi connectivity index (χ1) is 15.2. The number of sulfone groups is 1.